The average molecular weight is 601 g/mol. The summed E-state index contributed by atoms with van der Waals surface area (Å²) >= 11 is 12.6. The summed E-state index contributed by atoms with van der Waals surface area (Å²) in [6, 6.07) is 16.0. The molecule has 4 N–H and O–H groups in total. The summed E-state index contributed by atoms with van der Waals surface area (Å²) in [5, 5.41) is 7.89. The zero-order valence-corrected chi connectivity index (χ0v) is 25.4. The van der Waals surface area contributed by atoms with Gasteiger partial charge in [-0.25, -0.2) is 0 Å². The number of nitrogens with two attached hydrogens (primary N) is 1. The van der Waals surface area contributed by atoms with Crippen LogP contribution in [0.5, 0.6) is 0 Å². The highest BCUT2D eigenvalue weighted by Gasteiger charge is 2.63. The van der Waals surface area contributed by atoms with Crippen LogP contribution in [0.15, 0.2) is 48.5 Å². The quantitative estimate of drug-likeness (QED) is 0.334. The van der Waals surface area contributed by atoms with Crippen LogP contribution in [-0.4, -0.2) is 78.5 Å². The molecule has 2 aliphatic carbocycles. The van der Waals surface area contributed by atoms with Crippen LogP contribution in [0.2, 0.25) is 10.0 Å². The molecule has 1 aliphatic heterocycles. The third-order valence-electron chi connectivity index (χ3n) is 9.27. The number of carbonyl (C=O) groups excluding carboxylic acids is 2. The van der Waals surface area contributed by atoms with Gasteiger partial charge in [-0.15, -0.1) is 0 Å². The maximum absolute atomic E-state index is 14.1. The van der Waals surface area contributed by atoms with Gasteiger partial charge in [-0.3, -0.25) is 14.5 Å². The Balaban J connectivity index is 1.23. The fourth-order valence-electron chi connectivity index (χ4n) is 6.99. The summed E-state index contributed by atoms with van der Waals surface area (Å²) < 4.78 is 0. The SMILES string of the molecule is NCCC(=O)NC1(C(=O)N2CCN(C3(CNCCc4ccccc4)CCCCC3)CC2)C[C@H]1c1cc(Cl)cc(Cl)c1. The van der Waals surface area contributed by atoms with E-state index in [1.165, 1.54) is 37.7 Å². The van der Waals surface area contributed by atoms with Crippen LogP contribution in [0.25, 0.3) is 0 Å². The van der Waals surface area contributed by atoms with Gasteiger partial charge < -0.3 is 21.3 Å². The number of rotatable bonds is 11. The van der Waals surface area contributed by atoms with Crippen molar-refractivity contribution in [1.29, 1.82) is 0 Å². The highest BCUT2D eigenvalue weighted by molar-refractivity contribution is 6.34. The lowest BCUT2D eigenvalue weighted by Crippen LogP contribution is -2.63. The van der Waals surface area contributed by atoms with Crippen LogP contribution >= 0.6 is 23.2 Å². The molecule has 0 aromatic heterocycles. The molecule has 0 spiro atoms. The van der Waals surface area contributed by atoms with E-state index in [0.29, 0.717) is 29.6 Å². The molecule has 2 amide bonds. The maximum atomic E-state index is 14.1. The van der Waals surface area contributed by atoms with Crippen LogP contribution in [0.1, 0.15) is 62.0 Å². The monoisotopic (exact) mass is 599 g/mol. The molecular weight excluding hydrogens is 557 g/mol. The van der Waals surface area contributed by atoms with Gasteiger partial charge in [0.2, 0.25) is 11.8 Å². The van der Waals surface area contributed by atoms with Gasteiger partial charge in [0.15, 0.2) is 0 Å². The van der Waals surface area contributed by atoms with Crippen molar-refractivity contribution in [2.24, 2.45) is 5.73 Å². The van der Waals surface area contributed by atoms with Crippen molar-refractivity contribution in [3.05, 3.63) is 69.7 Å². The highest BCUT2D eigenvalue weighted by Crippen LogP contribution is 2.53. The van der Waals surface area contributed by atoms with Gasteiger partial charge in [-0.05, 0) is 61.6 Å². The normalized spacial score (nSPS) is 24.2. The third-order valence-corrected chi connectivity index (χ3v) is 9.71. The minimum absolute atomic E-state index is 0.0118. The summed E-state index contributed by atoms with van der Waals surface area (Å²) in [7, 11) is 0. The van der Waals surface area contributed by atoms with Crippen molar-refractivity contribution >= 4 is 35.0 Å². The second-order valence-corrected chi connectivity index (χ2v) is 12.9. The van der Waals surface area contributed by atoms with Crippen LogP contribution in [-0.2, 0) is 16.0 Å². The number of nitrogens with zero attached hydrogens (tertiary/aromatic N) is 2. The Kier molecular flexibility index (Phi) is 9.93. The number of carbonyl (C=O) groups is 2. The molecule has 3 fully saturated rings. The topological polar surface area (TPSA) is 90.7 Å². The van der Waals surface area contributed by atoms with Gasteiger partial charge in [0, 0.05) is 67.2 Å². The first-order valence-corrected chi connectivity index (χ1v) is 15.9. The molecule has 3 aliphatic rings. The summed E-state index contributed by atoms with van der Waals surface area (Å²) in [5.74, 6) is -0.371. The smallest absolute Gasteiger partial charge is 0.249 e. The van der Waals surface area contributed by atoms with Gasteiger partial charge in [0.1, 0.15) is 5.54 Å². The van der Waals surface area contributed by atoms with Gasteiger partial charge in [0.25, 0.3) is 0 Å². The fourth-order valence-corrected chi connectivity index (χ4v) is 7.53. The second kappa shape index (κ2) is 13.4. The van der Waals surface area contributed by atoms with E-state index in [-0.39, 0.29) is 36.2 Å². The molecular formula is C32H43Cl2N5O2. The van der Waals surface area contributed by atoms with Crippen LogP contribution in [0.3, 0.4) is 0 Å². The Bertz CT molecular complexity index is 1180. The minimum Gasteiger partial charge on any atom is -0.341 e. The molecule has 2 saturated carbocycles. The molecule has 1 unspecified atom stereocenters. The summed E-state index contributed by atoms with van der Waals surface area (Å²) in [6.45, 7) is 5.17. The number of halogens is 2. The van der Waals surface area contributed by atoms with Crippen molar-refractivity contribution in [3.8, 4) is 0 Å². The van der Waals surface area contributed by atoms with E-state index in [4.69, 9.17) is 28.9 Å². The highest BCUT2D eigenvalue weighted by atomic mass is 35.5. The van der Waals surface area contributed by atoms with Gasteiger partial charge in [-0.1, -0.05) is 72.8 Å². The molecule has 2 atom stereocenters. The molecule has 41 heavy (non-hydrogen) atoms. The van der Waals surface area contributed by atoms with Gasteiger partial charge in [-0.2, -0.15) is 0 Å². The van der Waals surface area contributed by atoms with Gasteiger partial charge >= 0.3 is 0 Å². The number of nitrogens with one attached hydrogen (secondary N) is 2. The molecule has 7 nitrogen and oxygen atoms in total. The lowest BCUT2D eigenvalue weighted by Gasteiger charge is -2.50. The van der Waals surface area contributed by atoms with Crippen molar-refractivity contribution in [2.45, 2.75) is 68.4 Å². The lowest BCUT2D eigenvalue weighted by atomic mass is 9.79. The molecule has 1 heterocycles. The number of piperazine rings is 1. The van der Waals surface area contributed by atoms with E-state index in [1.54, 1.807) is 6.07 Å². The summed E-state index contributed by atoms with van der Waals surface area (Å²) in [5.41, 5.74) is 7.05. The standard InChI is InChI=1S/C32H43Cl2N5O2/c33-26-19-25(20-27(34)21-26)28-22-32(28,37-29(40)9-13-35)30(41)38-15-17-39(18-16-38)31(11-5-2-6-12-31)23-36-14-10-24-7-3-1-4-8-24/h1,3-4,7-8,19-21,28,36H,2,5-6,9-18,22-23,35H2,(H,37,40)/t28-,32?/m0/s1. The van der Waals surface area contributed by atoms with Crippen LogP contribution in [0.4, 0.5) is 0 Å². The first-order chi connectivity index (χ1) is 19.8. The van der Waals surface area contributed by atoms with Gasteiger partial charge in [0.05, 0.1) is 0 Å². The summed E-state index contributed by atoms with van der Waals surface area (Å²) in [6.07, 6.45) is 7.92. The Hall–Kier alpha value is -2.16. The first kappa shape index (κ1) is 30.3. The van der Waals surface area contributed by atoms with Crippen LogP contribution < -0.4 is 16.4 Å². The third kappa shape index (κ3) is 7.08. The molecule has 2 aromatic carbocycles. The second-order valence-electron chi connectivity index (χ2n) is 12.0. The Morgan fingerprint density at radius 2 is 1.63 bits per heavy atom. The zero-order valence-electron chi connectivity index (χ0n) is 23.8. The largest absolute Gasteiger partial charge is 0.341 e. The zero-order chi connectivity index (χ0) is 28.9. The van der Waals surface area contributed by atoms with E-state index < -0.39 is 5.54 Å². The molecule has 9 heteroatoms. The predicted molar refractivity (Wildman–Crippen MR) is 165 cm³/mol. The number of amides is 2. The van der Waals surface area contributed by atoms with Crippen LogP contribution in [0, 0.1) is 0 Å². The van der Waals surface area contributed by atoms with Crippen molar-refractivity contribution in [2.75, 3.05) is 45.8 Å². The van der Waals surface area contributed by atoms with E-state index in [0.717, 1.165) is 38.2 Å². The number of benzene rings is 2. The van der Waals surface area contributed by atoms with E-state index >= 15 is 0 Å². The first-order valence-electron chi connectivity index (χ1n) is 15.1. The van der Waals surface area contributed by atoms with Crippen molar-refractivity contribution < 1.29 is 9.59 Å². The molecule has 2 aromatic rings. The minimum atomic E-state index is -0.968. The van der Waals surface area contributed by atoms with Crippen molar-refractivity contribution in [1.82, 2.24) is 20.4 Å². The molecule has 5 rings (SSSR count). The Morgan fingerprint density at radius 3 is 2.29 bits per heavy atom. The molecule has 1 saturated heterocycles. The fraction of sp³-hybridized carbons (Fsp3) is 0.562. The Morgan fingerprint density at radius 1 is 0.951 bits per heavy atom. The summed E-state index contributed by atoms with van der Waals surface area (Å²) in [4.78, 5) is 31.3. The van der Waals surface area contributed by atoms with Crippen molar-refractivity contribution in [3.63, 3.8) is 0 Å². The van der Waals surface area contributed by atoms with E-state index in [2.05, 4.69) is 45.9 Å². The Labute approximate surface area is 254 Å². The number of hydrogen-bond acceptors (Lipinski definition) is 5. The maximum Gasteiger partial charge on any atom is 0.249 e. The number of hydrogen-bond donors (Lipinski definition) is 3. The predicted octanol–water partition coefficient (Wildman–Crippen LogP) is 4.36. The lowest BCUT2D eigenvalue weighted by molar-refractivity contribution is -0.140. The molecule has 0 radical (unpaired) electrons. The van der Waals surface area contributed by atoms with E-state index in [9.17, 15) is 9.59 Å². The molecule has 222 valence electrons. The van der Waals surface area contributed by atoms with E-state index in [1.807, 2.05) is 17.0 Å². The molecule has 0 bridgehead atoms. The average Bonchev–Trinajstić information content (AvgIpc) is 3.71.